The van der Waals surface area contributed by atoms with Crippen molar-refractivity contribution in [2.24, 2.45) is 5.92 Å². The molecule has 1 aliphatic carbocycles. The first-order valence-corrected chi connectivity index (χ1v) is 14.1. The van der Waals surface area contributed by atoms with Crippen molar-refractivity contribution in [3.05, 3.63) is 36.7 Å². The van der Waals surface area contributed by atoms with E-state index in [0.717, 1.165) is 31.1 Å². The van der Waals surface area contributed by atoms with Gasteiger partial charge in [-0.25, -0.2) is 22.9 Å². The fourth-order valence-electron chi connectivity index (χ4n) is 4.40. The van der Waals surface area contributed by atoms with Crippen LogP contribution in [0.15, 0.2) is 41.6 Å². The van der Waals surface area contributed by atoms with E-state index in [-0.39, 0.29) is 22.8 Å². The van der Waals surface area contributed by atoms with Gasteiger partial charge >= 0.3 is 6.09 Å². The summed E-state index contributed by atoms with van der Waals surface area (Å²) in [6.45, 7) is 5.81. The number of aliphatic hydroxyl groups excluding tert-OH is 1. The number of carbonyl (C=O) groups excluding carboxylic acids is 1. The number of rotatable bonds is 8. The van der Waals surface area contributed by atoms with Crippen LogP contribution in [-0.2, 0) is 21.1 Å². The molecule has 0 unspecified atom stereocenters. The molecule has 37 heavy (non-hydrogen) atoms. The second-order valence-electron chi connectivity index (χ2n) is 10.4. The molecule has 1 saturated carbocycles. The molecule has 0 saturated heterocycles. The van der Waals surface area contributed by atoms with Gasteiger partial charge in [-0.1, -0.05) is 6.07 Å². The van der Waals surface area contributed by atoms with Crippen LogP contribution in [0.3, 0.4) is 0 Å². The highest BCUT2D eigenvalue weighted by Crippen LogP contribution is 2.27. The van der Waals surface area contributed by atoms with Crippen LogP contribution in [0.5, 0.6) is 0 Å². The number of ether oxygens (including phenoxy) is 1. The van der Waals surface area contributed by atoms with E-state index in [2.05, 4.69) is 25.7 Å². The van der Waals surface area contributed by atoms with E-state index in [1.165, 1.54) is 12.1 Å². The van der Waals surface area contributed by atoms with Gasteiger partial charge in [-0.05, 0) is 70.6 Å². The molecule has 0 atom stereocenters. The molecule has 200 valence electrons. The summed E-state index contributed by atoms with van der Waals surface area (Å²) in [6.07, 6.45) is 6.70. The molecule has 0 bridgehead atoms. The van der Waals surface area contributed by atoms with Gasteiger partial charge in [-0.2, -0.15) is 10.1 Å². The fraction of sp³-hybridized carbons (Fsp3) is 0.520. The van der Waals surface area contributed by atoms with Crippen LogP contribution in [0.2, 0.25) is 0 Å². The summed E-state index contributed by atoms with van der Waals surface area (Å²) in [5.74, 6) is 0.396. The van der Waals surface area contributed by atoms with Crippen LogP contribution in [-0.4, -0.2) is 63.4 Å². The second-order valence-corrected chi connectivity index (χ2v) is 12.5. The molecule has 2 heterocycles. The average Bonchev–Trinajstić information content (AvgIpc) is 3.21. The van der Waals surface area contributed by atoms with Crippen molar-refractivity contribution < 1.29 is 23.1 Å². The van der Waals surface area contributed by atoms with Gasteiger partial charge in [-0.15, -0.1) is 0 Å². The fourth-order valence-corrected chi connectivity index (χ4v) is 5.47. The zero-order valence-corrected chi connectivity index (χ0v) is 22.2. The van der Waals surface area contributed by atoms with Crippen molar-refractivity contribution in [3.63, 3.8) is 0 Å². The minimum atomic E-state index is -3.57. The minimum Gasteiger partial charge on any atom is -0.444 e. The minimum absolute atomic E-state index is 0.107. The molecule has 3 aromatic rings. The van der Waals surface area contributed by atoms with Crippen molar-refractivity contribution in [3.8, 4) is 0 Å². The first-order chi connectivity index (χ1) is 17.5. The van der Waals surface area contributed by atoms with Gasteiger partial charge in [0.15, 0.2) is 15.5 Å². The highest BCUT2D eigenvalue weighted by atomic mass is 32.2. The van der Waals surface area contributed by atoms with Crippen molar-refractivity contribution in [2.75, 3.05) is 17.7 Å². The molecule has 0 spiro atoms. The first-order valence-electron chi connectivity index (χ1n) is 12.4. The normalized spacial score (nSPS) is 18.5. The zero-order chi connectivity index (χ0) is 26.6. The third-order valence-electron chi connectivity index (χ3n) is 6.18. The standard InChI is InChI=1S/C25H34N6O5S/c1-25(2,3)36-24(33)29-19-9-7-17(8-10-19)16-31-22-18(15-27-31)14-26-23(30-22)28-20-5-4-6-21(13-20)37(34,35)12-11-32/h4-6,13-15,17,19,32H,7-12,16H2,1-3H3,(H,29,33)(H,26,28,30). The van der Waals surface area contributed by atoms with Gasteiger partial charge in [0.25, 0.3) is 0 Å². The summed E-state index contributed by atoms with van der Waals surface area (Å²) >= 11 is 0. The van der Waals surface area contributed by atoms with Gasteiger partial charge < -0.3 is 20.5 Å². The van der Waals surface area contributed by atoms with Crippen molar-refractivity contribution in [2.45, 2.75) is 69.5 Å². The number of carbonyl (C=O) groups is 1. The quantitative estimate of drug-likeness (QED) is 0.398. The first kappa shape index (κ1) is 26.8. The number of aromatic nitrogens is 4. The summed E-state index contributed by atoms with van der Waals surface area (Å²) in [5.41, 5.74) is 0.703. The highest BCUT2D eigenvalue weighted by Gasteiger charge is 2.25. The lowest BCUT2D eigenvalue weighted by molar-refractivity contribution is 0.0486. The second kappa shape index (κ2) is 11.0. The molecule has 1 fully saturated rings. The Labute approximate surface area is 216 Å². The van der Waals surface area contributed by atoms with Crippen LogP contribution in [0.1, 0.15) is 46.5 Å². The Bertz CT molecular complexity index is 1340. The molecule has 1 aliphatic rings. The Balaban J connectivity index is 1.39. The summed E-state index contributed by atoms with van der Waals surface area (Å²) in [7, 11) is -3.57. The maximum absolute atomic E-state index is 12.3. The number of fused-ring (bicyclic) bond motifs is 1. The molecule has 1 aromatic carbocycles. The Hall–Kier alpha value is -3.25. The SMILES string of the molecule is CC(C)(C)OC(=O)NC1CCC(Cn2ncc3cnc(Nc4cccc(S(=O)(=O)CCO)c4)nc32)CC1. The molecular weight excluding hydrogens is 496 g/mol. The number of hydrogen-bond acceptors (Lipinski definition) is 9. The highest BCUT2D eigenvalue weighted by molar-refractivity contribution is 7.91. The summed E-state index contributed by atoms with van der Waals surface area (Å²) in [5, 5.41) is 20.4. The Morgan fingerprint density at radius 1 is 1.19 bits per heavy atom. The van der Waals surface area contributed by atoms with Gasteiger partial charge in [0.2, 0.25) is 5.95 Å². The van der Waals surface area contributed by atoms with E-state index in [0.29, 0.717) is 29.7 Å². The third kappa shape index (κ3) is 7.16. The number of nitrogens with one attached hydrogen (secondary N) is 2. The van der Waals surface area contributed by atoms with Crippen LogP contribution >= 0.6 is 0 Å². The predicted octanol–water partition coefficient (Wildman–Crippen LogP) is 3.42. The molecule has 11 nitrogen and oxygen atoms in total. The Kier molecular flexibility index (Phi) is 7.98. The van der Waals surface area contributed by atoms with Crippen LogP contribution < -0.4 is 10.6 Å². The largest absolute Gasteiger partial charge is 0.444 e. The van der Waals surface area contributed by atoms with Crippen molar-refractivity contribution >= 4 is 38.6 Å². The number of aliphatic hydroxyl groups is 1. The number of hydrogen-bond donors (Lipinski definition) is 3. The summed E-state index contributed by atoms with van der Waals surface area (Å²) < 4.78 is 31.8. The van der Waals surface area contributed by atoms with E-state index in [1.54, 1.807) is 24.5 Å². The Morgan fingerprint density at radius 2 is 1.95 bits per heavy atom. The topological polar surface area (TPSA) is 148 Å². The smallest absolute Gasteiger partial charge is 0.407 e. The van der Waals surface area contributed by atoms with Crippen LogP contribution in [0.25, 0.3) is 11.0 Å². The predicted molar refractivity (Wildman–Crippen MR) is 139 cm³/mol. The van der Waals surface area contributed by atoms with E-state index in [9.17, 15) is 13.2 Å². The lowest BCUT2D eigenvalue weighted by Crippen LogP contribution is -2.41. The van der Waals surface area contributed by atoms with Crippen molar-refractivity contribution in [1.82, 2.24) is 25.1 Å². The van der Waals surface area contributed by atoms with E-state index in [4.69, 9.17) is 9.84 Å². The lowest BCUT2D eigenvalue weighted by atomic mass is 9.86. The molecule has 2 aromatic heterocycles. The van der Waals surface area contributed by atoms with Crippen LogP contribution in [0, 0.1) is 5.92 Å². The average molecular weight is 531 g/mol. The van der Waals surface area contributed by atoms with Crippen LogP contribution in [0.4, 0.5) is 16.4 Å². The lowest BCUT2D eigenvalue weighted by Gasteiger charge is -2.30. The van der Waals surface area contributed by atoms with E-state index >= 15 is 0 Å². The number of anilines is 2. The molecule has 0 radical (unpaired) electrons. The molecule has 0 aliphatic heterocycles. The molecule has 1 amide bonds. The number of nitrogens with zero attached hydrogens (tertiary/aromatic N) is 4. The zero-order valence-electron chi connectivity index (χ0n) is 21.3. The summed E-state index contributed by atoms with van der Waals surface area (Å²) in [6, 6.07) is 6.46. The molecule has 4 rings (SSSR count). The van der Waals surface area contributed by atoms with Gasteiger partial charge in [-0.3, -0.25) is 0 Å². The number of benzene rings is 1. The van der Waals surface area contributed by atoms with Gasteiger partial charge in [0.05, 0.1) is 28.8 Å². The van der Waals surface area contributed by atoms with E-state index in [1.807, 2.05) is 25.5 Å². The summed E-state index contributed by atoms with van der Waals surface area (Å²) in [4.78, 5) is 21.1. The van der Waals surface area contributed by atoms with Crippen molar-refractivity contribution in [1.29, 1.82) is 0 Å². The third-order valence-corrected chi connectivity index (χ3v) is 7.88. The van der Waals surface area contributed by atoms with E-state index < -0.39 is 22.0 Å². The molecule has 12 heteroatoms. The monoisotopic (exact) mass is 530 g/mol. The number of sulfone groups is 1. The van der Waals surface area contributed by atoms with Gasteiger partial charge in [0, 0.05) is 24.5 Å². The molecule has 3 N–H and O–H groups in total. The maximum atomic E-state index is 12.3. The number of amides is 1. The Morgan fingerprint density at radius 3 is 2.65 bits per heavy atom. The van der Waals surface area contributed by atoms with Gasteiger partial charge in [0.1, 0.15) is 5.60 Å². The molecular formula is C25H34N6O5S. The maximum Gasteiger partial charge on any atom is 0.407 e. The number of alkyl carbamates (subject to hydrolysis) is 1.